The molecule has 0 aliphatic carbocycles. The van der Waals surface area contributed by atoms with Gasteiger partial charge in [0.05, 0.1) is 29.2 Å². The zero-order chi connectivity index (χ0) is 14.4. The molecule has 106 valence electrons. The first-order valence-corrected chi connectivity index (χ1v) is 7.99. The van der Waals surface area contributed by atoms with Crippen LogP contribution in [0.3, 0.4) is 0 Å². The maximum Gasteiger partial charge on any atom is 0.274 e. The largest absolute Gasteiger partial charge is 0.308 e. The van der Waals surface area contributed by atoms with Gasteiger partial charge in [0.15, 0.2) is 4.96 Å². The highest BCUT2D eigenvalue weighted by atomic mass is 32.1. The smallest absolute Gasteiger partial charge is 0.274 e. The van der Waals surface area contributed by atoms with Crippen molar-refractivity contribution in [3.8, 4) is 0 Å². The molecule has 4 nitrogen and oxygen atoms in total. The normalized spacial score (nSPS) is 22.0. The van der Waals surface area contributed by atoms with Gasteiger partial charge in [-0.1, -0.05) is 23.5 Å². The van der Waals surface area contributed by atoms with Gasteiger partial charge in [-0.3, -0.25) is 4.79 Å². The van der Waals surface area contributed by atoms with Crippen molar-refractivity contribution in [2.24, 2.45) is 0 Å². The van der Waals surface area contributed by atoms with E-state index in [1.54, 1.807) is 4.40 Å². The van der Waals surface area contributed by atoms with Crippen molar-refractivity contribution in [2.75, 3.05) is 13.6 Å². The van der Waals surface area contributed by atoms with Gasteiger partial charge in [0.25, 0.3) is 5.56 Å². The summed E-state index contributed by atoms with van der Waals surface area (Å²) in [6, 6.07) is 7.77. The predicted octanol–water partition coefficient (Wildman–Crippen LogP) is 0.601. The van der Waals surface area contributed by atoms with Crippen molar-refractivity contribution in [3.63, 3.8) is 0 Å². The van der Waals surface area contributed by atoms with E-state index in [0.29, 0.717) is 0 Å². The van der Waals surface area contributed by atoms with Crippen LogP contribution in [0.4, 0.5) is 0 Å². The molecule has 0 spiro atoms. The first kappa shape index (κ1) is 12.7. The summed E-state index contributed by atoms with van der Waals surface area (Å²) >= 11 is 1.46. The lowest BCUT2D eigenvalue weighted by atomic mass is 10.3. The van der Waals surface area contributed by atoms with Crippen molar-refractivity contribution in [2.45, 2.75) is 12.8 Å². The number of thiazole rings is 1. The summed E-state index contributed by atoms with van der Waals surface area (Å²) in [6.45, 7) is 1.18. The second-order valence-corrected chi connectivity index (χ2v) is 6.49. The summed E-state index contributed by atoms with van der Waals surface area (Å²) in [5.41, 5.74) is 3.19. The van der Waals surface area contributed by atoms with E-state index in [1.807, 2.05) is 30.3 Å². The van der Waals surface area contributed by atoms with Crippen LogP contribution in [0.25, 0.3) is 22.1 Å². The van der Waals surface area contributed by atoms with Gasteiger partial charge in [-0.2, -0.15) is 0 Å². The van der Waals surface area contributed by atoms with Crippen molar-refractivity contribution in [1.29, 1.82) is 0 Å². The molecule has 1 aromatic carbocycles. The van der Waals surface area contributed by atoms with Crippen molar-refractivity contribution >= 4 is 33.4 Å². The lowest BCUT2D eigenvalue weighted by molar-refractivity contribution is -0.828. The van der Waals surface area contributed by atoms with Crippen molar-refractivity contribution < 1.29 is 4.90 Å². The Morgan fingerprint density at radius 3 is 3.00 bits per heavy atom. The number of quaternary nitrogens is 1. The maximum absolute atomic E-state index is 12.6. The highest BCUT2D eigenvalue weighted by Crippen LogP contribution is 2.15. The van der Waals surface area contributed by atoms with Crippen LogP contribution >= 0.6 is 11.3 Å². The second kappa shape index (κ2) is 4.79. The molecule has 1 aliphatic heterocycles. The highest BCUT2D eigenvalue weighted by Gasteiger charge is 2.17. The SMILES string of the molecule is C[NH+]1CCC/C1=C/C=c1\sc2nc3ccccc3n2c1=O. The van der Waals surface area contributed by atoms with Crippen LogP contribution in [0.5, 0.6) is 0 Å². The Balaban J connectivity index is 1.91. The average molecular weight is 298 g/mol. The van der Waals surface area contributed by atoms with E-state index in [4.69, 9.17) is 0 Å². The number of allylic oxidation sites excluding steroid dienone is 2. The van der Waals surface area contributed by atoms with Crippen LogP contribution in [0.1, 0.15) is 12.8 Å². The van der Waals surface area contributed by atoms with E-state index in [0.717, 1.165) is 26.9 Å². The van der Waals surface area contributed by atoms with Crippen molar-refractivity contribution in [1.82, 2.24) is 9.38 Å². The Hall–Kier alpha value is -1.98. The molecule has 1 unspecified atom stereocenters. The Bertz CT molecular complexity index is 967. The zero-order valence-corrected chi connectivity index (χ0v) is 12.6. The number of nitrogens with zero attached hydrogens (tertiary/aromatic N) is 2. The highest BCUT2D eigenvalue weighted by molar-refractivity contribution is 7.15. The van der Waals surface area contributed by atoms with Crippen LogP contribution in [0.15, 0.2) is 40.8 Å². The molecule has 4 rings (SSSR count). The summed E-state index contributed by atoms with van der Waals surface area (Å²) in [5, 5.41) is 0. The fourth-order valence-corrected chi connectivity index (χ4v) is 3.87. The van der Waals surface area contributed by atoms with E-state index >= 15 is 0 Å². The number of imidazole rings is 1. The number of fused-ring (bicyclic) bond motifs is 3. The third-order valence-electron chi connectivity index (χ3n) is 4.13. The Morgan fingerprint density at radius 2 is 2.19 bits per heavy atom. The molecule has 1 aliphatic rings. The summed E-state index contributed by atoms with van der Waals surface area (Å²) in [5.74, 6) is 0. The number of aromatic nitrogens is 2. The molecule has 3 aromatic rings. The van der Waals surface area contributed by atoms with Crippen LogP contribution in [0.2, 0.25) is 0 Å². The van der Waals surface area contributed by atoms with Gasteiger partial charge in [0.2, 0.25) is 0 Å². The molecular weight excluding hydrogens is 282 g/mol. The predicted molar refractivity (Wildman–Crippen MR) is 85.6 cm³/mol. The van der Waals surface area contributed by atoms with Crippen LogP contribution < -0.4 is 15.0 Å². The molecule has 2 aromatic heterocycles. The van der Waals surface area contributed by atoms with Crippen molar-refractivity contribution in [3.05, 3.63) is 50.9 Å². The van der Waals surface area contributed by atoms with Gasteiger partial charge in [0, 0.05) is 12.8 Å². The fraction of sp³-hybridized carbons (Fsp3) is 0.250. The van der Waals surface area contributed by atoms with Crippen LogP contribution in [-0.2, 0) is 0 Å². The van der Waals surface area contributed by atoms with Gasteiger partial charge in [-0.05, 0) is 24.3 Å². The Morgan fingerprint density at radius 1 is 1.33 bits per heavy atom. The topological polar surface area (TPSA) is 38.8 Å². The number of benzene rings is 1. The van der Waals surface area contributed by atoms with E-state index in [9.17, 15) is 4.79 Å². The minimum atomic E-state index is 0.0381. The fourth-order valence-electron chi connectivity index (χ4n) is 2.95. The second-order valence-electron chi connectivity index (χ2n) is 5.48. The molecule has 0 saturated carbocycles. The number of para-hydroxylation sites is 2. The molecular formula is C16H16N3OS+. The Kier molecular flexibility index (Phi) is 2.90. The van der Waals surface area contributed by atoms with E-state index < -0.39 is 0 Å². The van der Waals surface area contributed by atoms with Crippen LogP contribution in [0, 0.1) is 0 Å². The standard InChI is InChI=1S/C16H15N3OS/c1-18-10-4-5-11(18)8-9-14-15(20)19-13-7-3-2-6-12(13)17-16(19)21-14/h2-3,6-9H,4-5,10H2,1H3/p+1/b11-8-,14-9-. The monoisotopic (exact) mass is 298 g/mol. The van der Waals surface area contributed by atoms with E-state index in [-0.39, 0.29) is 5.56 Å². The molecule has 1 atom stereocenters. The lowest BCUT2D eigenvalue weighted by Crippen LogP contribution is -3.04. The van der Waals surface area contributed by atoms with E-state index in [2.05, 4.69) is 18.1 Å². The number of hydrogen-bond acceptors (Lipinski definition) is 3. The summed E-state index contributed by atoms with van der Waals surface area (Å²) in [7, 11) is 2.18. The third kappa shape index (κ3) is 2.01. The molecule has 1 N–H and O–H groups in total. The summed E-state index contributed by atoms with van der Waals surface area (Å²) < 4.78 is 2.48. The van der Waals surface area contributed by atoms with Gasteiger partial charge >= 0.3 is 0 Å². The van der Waals surface area contributed by atoms with Gasteiger partial charge in [0.1, 0.15) is 5.70 Å². The summed E-state index contributed by atoms with van der Waals surface area (Å²) in [6.07, 6.45) is 6.42. The first-order chi connectivity index (χ1) is 10.2. The molecule has 3 heterocycles. The van der Waals surface area contributed by atoms with E-state index in [1.165, 1.54) is 34.9 Å². The minimum Gasteiger partial charge on any atom is -0.308 e. The van der Waals surface area contributed by atoms with Crippen LogP contribution in [-0.4, -0.2) is 23.0 Å². The molecule has 5 heteroatoms. The average Bonchev–Trinajstić information content (AvgIpc) is 3.12. The molecule has 0 amide bonds. The minimum absolute atomic E-state index is 0.0381. The molecule has 1 fully saturated rings. The number of hydrogen-bond donors (Lipinski definition) is 1. The van der Waals surface area contributed by atoms with Gasteiger partial charge in [-0.15, -0.1) is 0 Å². The molecule has 1 saturated heterocycles. The molecule has 0 radical (unpaired) electrons. The summed E-state index contributed by atoms with van der Waals surface area (Å²) in [4.78, 5) is 19.3. The quantitative estimate of drug-likeness (QED) is 0.714. The zero-order valence-electron chi connectivity index (χ0n) is 11.8. The number of likely N-dealkylation sites (tertiary alicyclic amines) is 1. The number of rotatable bonds is 1. The maximum atomic E-state index is 12.6. The number of nitrogens with one attached hydrogen (secondary N) is 1. The Labute approximate surface area is 125 Å². The molecule has 21 heavy (non-hydrogen) atoms. The van der Waals surface area contributed by atoms with Gasteiger partial charge in [-0.25, -0.2) is 9.38 Å². The first-order valence-electron chi connectivity index (χ1n) is 7.18. The molecule has 0 bridgehead atoms. The van der Waals surface area contributed by atoms with Gasteiger partial charge < -0.3 is 4.90 Å². The lowest BCUT2D eigenvalue weighted by Gasteiger charge is -2.03. The third-order valence-corrected chi connectivity index (χ3v) is 5.11.